The van der Waals surface area contributed by atoms with Crippen LogP contribution in [0.3, 0.4) is 0 Å². The highest BCUT2D eigenvalue weighted by Crippen LogP contribution is 2.28. The van der Waals surface area contributed by atoms with E-state index in [1.54, 1.807) is 10.9 Å². The highest BCUT2D eigenvalue weighted by Gasteiger charge is 2.41. The van der Waals surface area contributed by atoms with Crippen molar-refractivity contribution < 1.29 is 14.7 Å². The van der Waals surface area contributed by atoms with Crippen LogP contribution in [0.1, 0.15) is 49.4 Å². The van der Waals surface area contributed by atoms with Gasteiger partial charge in [-0.2, -0.15) is 5.10 Å². The molecule has 0 aliphatic heterocycles. The van der Waals surface area contributed by atoms with E-state index in [2.05, 4.69) is 10.4 Å². The van der Waals surface area contributed by atoms with Gasteiger partial charge in [-0.05, 0) is 19.8 Å². The molecule has 2 rings (SSSR count). The lowest BCUT2D eigenvalue weighted by Gasteiger charge is -2.33. The van der Waals surface area contributed by atoms with Crippen LogP contribution in [0.15, 0.2) is 12.4 Å². The molecule has 0 aromatic carbocycles. The Balaban J connectivity index is 2.12. The molecule has 1 heterocycles. The summed E-state index contributed by atoms with van der Waals surface area (Å²) in [5.74, 6) is -1.30. The quantitative estimate of drug-likeness (QED) is 0.862. The highest BCUT2D eigenvalue weighted by atomic mass is 16.4. The summed E-state index contributed by atoms with van der Waals surface area (Å²) in [6.45, 7) is 2.60. The van der Waals surface area contributed by atoms with E-state index < -0.39 is 11.5 Å². The van der Waals surface area contributed by atoms with Gasteiger partial charge in [-0.25, -0.2) is 4.79 Å². The maximum Gasteiger partial charge on any atom is 0.329 e. The number of carboxylic acid groups (broad SMARTS) is 1. The largest absolute Gasteiger partial charge is 0.480 e. The Morgan fingerprint density at radius 3 is 2.63 bits per heavy atom. The van der Waals surface area contributed by atoms with Crippen molar-refractivity contribution in [1.29, 1.82) is 0 Å². The first-order valence-electron chi connectivity index (χ1n) is 6.66. The van der Waals surface area contributed by atoms with Crippen LogP contribution < -0.4 is 5.32 Å². The molecular formula is C13H19N3O3. The van der Waals surface area contributed by atoms with E-state index in [1.807, 2.05) is 6.92 Å². The Kier molecular flexibility index (Phi) is 3.87. The van der Waals surface area contributed by atoms with E-state index in [1.165, 1.54) is 6.20 Å². The summed E-state index contributed by atoms with van der Waals surface area (Å²) in [5.41, 5.74) is -0.697. The van der Waals surface area contributed by atoms with Gasteiger partial charge in [-0.3, -0.25) is 9.48 Å². The molecule has 0 spiro atoms. The van der Waals surface area contributed by atoms with Crippen LogP contribution in [0.25, 0.3) is 0 Å². The van der Waals surface area contributed by atoms with E-state index in [-0.39, 0.29) is 5.91 Å². The number of nitrogens with one attached hydrogen (secondary N) is 1. The summed E-state index contributed by atoms with van der Waals surface area (Å²) in [7, 11) is 0. The average Bonchev–Trinajstić information content (AvgIpc) is 2.88. The van der Waals surface area contributed by atoms with Gasteiger partial charge < -0.3 is 10.4 Å². The SMILES string of the molecule is CCn1cc(C(=O)NC2(C(=O)O)CCCCC2)cn1. The number of carbonyl (C=O) groups excluding carboxylic acids is 1. The van der Waals surface area contributed by atoms with E-state index in [4.69, 9.17) is 0 Å². The third-order valence-electron chi connectivity index (χ3n) is 3.69. The van der Waals surface area contributed by atoms with E-state index >= 15 is 0 Å². The van der Waals surface area contributed by atoms with E-state index in [0.29, 0.717) is 24.9 Å². The molecule has 0 radical (unpaired) electrons. The number of aromatic nitrogens is 2. The second kappa shape index (κ2) is 5.42. The van der Waals surface area contributed by atoms with Crippen molar-refractivity contribution in [2.24, 2.45) is 0 Å². The van der Waals surface area contributed by atoms with Crippen molar-refractivity contribution in [3.8, 4) is 0 Å². The van der Waals surface area contributed by atoms with Gasteiger partial charge in [0.2, 0.25) is 0 Å². The minimum atomic E-state index is -1.11. The van der Waals surface area contributed by atoms with E-state index in [0.717, 1.165) is 19.3 Å². The first kappa shape index (κ1) is 13.6. The predicted molar refractivity (Wildman–Crippen MR) is 68.8 cm³/mol. The molecule has 1 fully saturated rings. The van der Waals surface area contributed by atoms with Crippen molar-refractivity contribution in [2.45, 2.75) is 51.1 Å². The fourth-order valence-corrected chi connectivity index (χ4v) is 2.49. The first-order valence-corrected chi connectivity index (χ1v) is 6.66. The van der Waals surface area contributed by atoms with Crippen molar-refractivity contribution in [3.63, 3.8) is 0 Å². The van der Waals surface area contributed by atoms with Crippen LogP contribution in [-0.4, -0.2) is 32.3 Å². The molecular weight excluding hydrogens is 246 g/mol. The molecule has 1 aromatic rings. The summed E-state index contributed by atoms with van der Waals surface area (Å²) in [5, 5.41) is 16.1. The highest BCUT2D eigenvalue weighted by molar-refractivity contribution is 5.97. The Morgan fingerprint density at radius 1 is 1.42 bits per heavy atom. The van der Waals surface area contributed by atoms with Gasteiger partial charge in [0.05, 0.1) is 11.8 Å². The number of nitrogens with zero attached hydrogens (tertiary/aromatic N) is 2. The molecule has 0 bridgehead atoms. The normalized spacial score (nSPS) is 17.9. The number of amides is 1. The molecule has 1 aliphatic rings. The molecule has 1 aliphatic carbocycles. The van der Waals surface area contributed by atoms with Gasteiger partial charge in [0.25, 0.3) is 5.91 Å². The Labute approximate surface area is 111 Å². The predicted octanol–water partition coefficient (Wildman–Crippen LogP) is 1.42. The smallest absolute Gasteiger partial charge is 0.329 e. The van der Waals surface area contributed by atoms with Crippen LogP contribution in [0.5, 0.6) is 0 Å². The molecule has 19 heavy (non-hydrogen) atoms. The maximum atomic E-state index is 12.1. The molecule has 6 heteroatoms. The fraction of sp³-hybridized carbons (Fsp3) is 0.615. The van der Waals surface area contributed by atoms with Crippen LogP contribution >= 0.6 is 0 Å². The second-order valence-electron chi connectivity index (χ2n) is 4.99. The lowest BCUT2D eigenvalue weighted by Crippen LogP contribution is -2.55. The average molecular weight is 265 g/mol. The third-order valence-corrected chi connectivity index (χ3v) is 3.69. The molecule has 1 saturated carbocycles. The molecule has 0 unspecified atom stereocenters. The number of hydrogen-bond donors (Lipinski definition) is 2. The summed E-state index contributed by atoms with van der Waals surface area (Å²) < 4.78 is 1.64. The van der Waals surface area contributed by atoms with Gasteiger partial charge in [-0.1, -0.05) is 19.3 Å². The third kappa shape index (κ3) is 2.77. The van der Waals surface area contributed by atoms with Crippen LogP contribution in [-0.2, 0) is 11.3 Å². The van der Waals surface area contributed by atoms with Gasteiger partial charge >= 0.3 is 5.97 Å². The zero-order valence-electron chi connectivity index (χ0n) is 11.1. The molecule has 2 N–H and O–H groups in total. The van der Waals surface area contributed by atoms with Gasteiger partial charge in [-0.15, -0.1) is 0 Å². The minimum Gasteiger partial charge on any atom is -0.480 e. The number of carbonyl (C=O) groups is 2. The van der Waals surface area contributed by atoms with Crippen molar-refractivity contribution in [2.75, 3.05) is 0 Å². The number of aryl methyl sites for hydroxylation is 1. The Morgan fingerprint density at radius 2 is 2.11 bits per heavy atom. The Hall–Kier alpha value is -1.85. The Bertz CT molecular complexity index is 475. The van der Waals surface area contributed by atoms with Crippen molar-refractivity contribution in [1.82, 2.24) is 15.1 Å². The number of aliphatic carboxylic acids is 1. The molecule has 6 nitrogen and oxygen atoms in total. The standard InChI is InChI=1S/C13H19N3O3/c1-2-16-9-10(8-14-16)11(17)15-13(12(18)19)6-4-3-5-7-13/h8-9H,2-7H2,1H3,(H,15,17)(H,18,19). The fourth-order valence-electron chi connectivity index (χ4n) is 2.49. The minimum absolute atomic E-state index is 0.357. The molecule has 104 valence electrons. The summed E-state index contributed by atoms with van der Waals surface area (Å²) in [6, 6.07) is 0. The molecule has 0 saturated heterocycles. The van der Waals surface area contributed by atoms with Crippen LogP contribution in [0.4, 0.5) is 0 Å². The first-order chi connectivity index (χ1) is 9.07. The monoisotopic (exact) mass is 265 g/mol. The van der Waals surface area contributed by atoms with Gasteiger partial charge in [0.1, 0.15) is 5.54 Å². The maximum absolute atomic E-state index is 12.1. The zero-order chi connectivity index (χ0) is 13.9. The molecule has 1 amide bonds. The zero-order valence-corrected chi connectivity index (χ0v) is 11.1. The van der Waals surface area contributed by atoms with Crippen molar-refractivity contribution >= 4 is 11.9 Å². The second-order valence-corrected chi connectivity index (χ2v) is 4.99. The van der Waals surface area contributed by atoms with Crippen molar-refractivity contribution in [3.05, 3.63) is 18.0 Å². The molecule has 0 atom stereocenters. The van der Waals surface area contributed by atoms with E-state index in [9.17, 15) is 14.7 Å². The summed E-state index contributed by atoms with van der Waals surface area (Å²) in [6.07, 6.45) is 6.79. The van der Waals surface area contributed by atoms with Gasteiger partial charge in [0.15, 0.2) is 0 Å². The number of carboxylic acids is 1. The van der Waals surface area contributed by atoms with Gasteiger partial charge in [0, 0.05) is 12.7 Å². The molecule has 1 aromatic heterocycles. The van der Waals surface area contributed by atoms with Crippen LogP contribution in [0.2, 0.25) is 0 Å². The van der Waals surface area contributed by atoms with Crippen LogP contribution in [0, 0.1) is 0 Å². The summed E-state index contributed by atoms with van der Waals surface area (Å²) >= 11 is 0. The summed E-state index contributed by atoms with van der Waals surface area (Å²) in [4.78, 5) is 23.6. The number of rotatable bonds is 4. The topological polar surface area (TPSA) is 84.2 Å². The lowest BCUT2D eigenvalue weighted by molar-refractivity contribution is -0.145. The lowest BCUT2D eigenvalue weighted by atomic mass is 9.81. The number of hydrogen-bond acceptors (Lipinski definition) is 3.